The highest BCUT2D eigenvalue weighted by Gasteiger charge is 2.51. The van der Waals surface area contributed by atoms with Crippen LogP contribution >= 0.6 is 0 Å². The van der Waals surface area contributed by atoms with Gasteiger partial charge in [0.15, 0.2) is 0 Å². The third-order valence-corrected chi connectivity index (χ3v) is 6.87. The number of hydrogen-bond donors (Lipinski definition) is 3. The highest BCUT2D eigenvalue weighted by Crippen LogP contribution is 2.47. The van der Waals surface area contributed by atoms with Gasteiger partial charge in [0.2, 0.25) is 11.8 Å². The van der Waals surface area contributed by atoms with Crippen molar-refractivity contribution in [2.24, 2.45) is 5.92 Å². The third kappa shape index (κ3) is 3.91. The molecule has 0 spiro atoms. The number of aliphatic hydroxyl groups is 2. The first-order chi connectivity index (χ1) is 15.6. The fourth-order valence-electron chi connectivity index (χ4n) is 5.12. The Labute approximate surface area is 187 Å². The molecule has 1 aromatic carbocycles. The van der Waals surface area contributed by atoms with E-state index in [1.54, 1.807) is 11.0 Å². The number of ether oxygens (including phenoxy) is 2. The van der Waals surface area contributed by atoms with Gasteiger partial charge >= 0.3 is 0 Å². The quantitative estimate of drug-likeness (QED) is 0.575. The van der Waals surface area contributed by atoms with Crippen LogP contribution in [0, 0.1) is 5.92 Å². The molecule has 2 heterocycles. The van der Waals surface area contributed by atoms with E-state index in [2.05, 4.69) is 5.32 Å². The molecule has 172 valence electrons. The lowest BCUT2D eigenvalue weighted by atomic mass is 9.77. The molecule has 0 radical (unpaired) electrons. The molecule has 2 fully saturated rings. The lowest BCUT2D eigenvalue weighted by molar-refractivity contribution is -0.140. The summed E-state index contributed by atoms with van der Waals surface area (Å²) in [5, 5.41) is 23.3. The van der Waals surface area contributed by atoms with Crippen molar-refractivity contribution in [3.63, 3.8) is 0 Å². The number of hydrogen-bond acceptors (Lipinski definition) is 6. The maximum Gasteiger partial charge on any atom is 0.247 e. The number of rotatable bonds is 7. The average Bonchev–Trinajstić information content (AvgIpc) is 3.39. The second-order valence-corrected chi connectivity index (χ2v) is 9.08. The lowest BCUT2D eigenvalue weighted by Crippen LogP contribution is -2.57. The number of carbonyl (C=O) groups is 2. The second kappa shape index (κ2) is 8.84. The summed E-state index contributed by atoms with van der Waals surface area (Å²) in [6.07, 6.45) is 3.55. The van der Waals surface area contributed by atoms with E-state index in [1.807, 2.05) is 24.3 Å². The van der Waals surface area contributed by atoms with Crippen LogP contribution in [-0.2, 0) is 14.3 Å². The Morgan fingerprint density at radius 2 is 2.00 bits per heavy atom. The molecule has 2 aliphatic carbocycles. The van der Waals surface area contributed by atoms with Crippen LogP contribution in [0.1, 0.15) is 37.2 Å². The Kier molecular flexibility index (Phi) is 5.92. The summed E-state index contributed by atoms with van der Waals surface area (Å²) < 4.78 is 11.9. The van der Waals surface area contributed by atoms with Crippen LogP contribution in [0.2, 0.25) is 0 Å². The van der Waals surface area contributed by atoms with E-state index in [1.165, 1.54) is 0 Å². The number of amides is 2. The lowest BCUT2D eigenvalue weighted by Gasteiger charge is -2.41. The zero-order valence-corrected chi connectivity index (χ0v) is 18.0. The number of benzene rings is 1. The Hall–Kier alpha value is -2.42. The molecule has 0 bridgehead atoms. The number of para-hydroxylation sites is 1. The zero-order valence-electron chi connectivity index (χ0n) is 18.0. The molecule has 4 aliphatic rings. The fraction of sp³-hybridized carbons (Fsp3) is 0.583. The van der Waals surface area contributed by atoms with E-state index in [0.29, 0.717) is 24.5 Å². The maximum absolute atomic E-state index is 13.3. The summed E-state index contributed by atoms with van der Waals surface area (Å²) in [5.41, 5.74) is 1.31. The Bertz CT molecular complexity index is 908. The molecule has 1 aromatic rings. The van der Waals surface area contributed by atoms with E-state index < -0.39 is 24.2 Å². The zero-order chi connectivity index (χ0) is 22.2. The summed E-state index contributed by atoms with van der Waals surface area (Å²) in [7, 11) is 0. The largest absolute Gasteiger partial charge is 0.486 e. The van der Waals surface area contributed by atoms with Gasteiger partial charge in [-0.05, 0) is 37.8 Å². The Morgan fingerprint density at radius 1 is 1.19 bits per heavy atom. The molecule has 1 saturated carbocycles. The van der Waals surface area contributed by atoms with Crippen molar-refractivity contribution in [1.82, 2.24) is 10.2 Å². The molecule has 1 saturated heterocycles. The van der Waals surface area contributed by atoms with E-state index in [9.17, 15) is 19.8 Å². The fourth-order valence-corrected chi connectivity index (χ4v) is 5.12. The smallest absolute Gasteiger partial charge is 0.247 e. The van der Waals surface area contributed by atoms with Crippen molar-refractivity contribution >= 4 is 11.8 Å². The van der Waals surface area contributed by atoms with Gasteiger partial charge in [0.1, 0.15) is 18.0 Å². The molecule has 32 heavy (non-hydrogen) atoms. The van der Waals surface area contributed by atoms with Crippen LogP contribution in [0.25, 0.3) is 0 Å². The number of nitrogens with zero attached hydrogens (tertiary/aromatic N) is 1. The molecule has 8 heteroatoms. The average molecular weight is 443 g/mol. The molecular formula is C24H30N2O6. The number of nitrogens with one attached hydrogen (secondary N) is 1. The molecule has 2 amide bonds. The van der Waals surface area contributed by atoms with Gasteiger partial charge < -0.3 is 29.9 Å². The predicted octanol–water partition coefficient (Wildman–Crippen LogP) is 0.727. The summed E-state index contributed by atoms with van der Waals surface area (Å²) in [5.74, 6) is -0.130. The van der Waals surface area contributed by atoms with Gasteiger partial charge in [0.25, 0.3) is 0 Å². The van der Waals surface area contributed by atoms with Gasteiger partial charge in [-0.1, -0.05) is 18.2 Å². The van der Waals surface area contributed by atoms with Crippen molar-refractivity contribution in [2.45, 2.75) is 56.0 Å². The number of carbonyl (C=O) groups excluding carboxylic acids is 2. The maximum atomic E-state index is 13.3. The number of fused-ring (bicyclic) bond motifs is 3. The van der Waals surface area contributed by atoms with Gasteiger partial charge in [-0.25, -0.2) is 0 Å². The van der Waals surface area contributed by atoms with Crippen LogP contribution < -0.4 is 10.1 Å². The monoisotopic (exact) mass is 442 g/mol. The molecular weight excluding hydrogens is 412 g/mol. The van der Waals surface area contributed by atoms with Crippen molar-refractivity contribution < 1.29 is 29.3 Å². The van der Waals surface area contributed by atoms with Gasteiger partial charge in [0, 0.05) is 36.8 Å². The normalized spacial score (nSPS) is 30.7. The summed E-state index contributed by atoms with van der Waals surface area (Å²) in [6, 6.07) is 6.79. The molecule has 2 aliphatic heterocycles. The van der Waals surface area contributed by atoms with Crippen LogP contribution in [0.3, 0.4) is 0 Å². The van der Waals surface area contributed by atoms with E-state index in [4.69, 9.17) is 9.47 Å². The van der Waals surface area contributed by atoms with E-state index >= 15 is 0 Å². The number of aliphatic hydroxyl groups excluding tert-OH is 2. The Balaban J connectivity index is 1.51. The van der Waals surface area contributed by atoms with Gasteiger partial charge in [0.05, 0.1) is 24.7 Å². The van der Waals surface area contributed by atoms with Gasteiger partial charge in [-0.2, -0.15) is 0 Å². The van der Waals surface area contributed by atoms with Crippen LogP contribution in [0.5, 0.6) is 5.75 Å². The third-order valence-electron chi connectivity index (χ3n) is 6.87. The molecule has 5 rings (SSSR count). The van der Waals surface area contributed by atoms with E-state index in [-0.39, 0.29) is 37.0 Å². The second-order valence-electron chi connectivity index (χ2n) is 9.08. The SMILES string of the molecule is O=C(NCCO)C1=C[C@@H](N(C[C@H]2CCCO2)C(=O)C2CC2)[C@H](O)[C@H]2Oc3ccccc3[C@@H]12. The van der Waals surface area contributed by atoms with Crippen molar-refractivity contribution in [3.8, 4) is 5.75 Å². The van der Waals surface area contributed by atoms with Crippen molar-refractivity contribution in [3.05, 3.63) is 41.5 Å². The van der Waals surface area contributed by atoms with Crippen molar-refractivity contribution in [2.75, 3.05) is 26.3 Å². The van der Waals surface area contributed by atoms with Crippen LogP contribution in [0.4, 0.5) is 0 Å². The summed E-state index contributed by atoms with van der Waals surface area (Å²) in [6.45, 7) is 1.03. The molecule has 8 nitrogen and oxygen atoms in total. The summed E-state index contributed by atoms with van der Waals surface area (Å²) in [4.78, 5) is 28.1. The van der Waals surface area contributed by atoms with Gasteiger partial charge in [-0.3, -0.25) is 9.59 Å². The minimum Gasteiger partial charge on any atom is -0.486 e. The Morgan fingerprint density at radius 3 is 2.72 bits per heavy atom. The topological polar surface area (TPSA) is 108 Å². The van der Waals surface area contributed by atoms with Crippen LogP contribution in [-0.4, -0.2) is 77.6 Å². The summed E-state index contributed by atoms with van der Waals surface area (Å²) >= 11 is 0. The van der Waals surface area contributed by atoms with E-state index in [0.717, 1.165) is 31.2 Å². The van der Waals surface area contributed by atoms with Crippen LogP contribution in [0.15, 0.2) is 35.9 Å². The van der Waals surface area contributed by atoms with Crippen molar-refractivity contribution in [1.29, 1.82) is 0 Å². The first-order valence-electron chi connectivity index (χ1n) is 11.5. The first kappa shape index (κ1) is 21.4. The van der Waals surface area contributed by atoms with Gasteiger partial charge in [-0.15, -0.1) is 0 Å². The minimum absolute atomic E-state index is 0.00452. The standard InChI is InChI=1S/C24H30N2O6/c27-10-9-25-23(29)17-12-18(21(28)22-20(17)16-5-1-2-6-19(16)32-22)26(24(30)14-7-8-14)13-15-4-3-11-31-15/h1-2,5-6,12,14-15,18,20-22,27-28H,3-4,7-11,13H2,(H,25,29)/t15-,18-,20+,21+,22+/m1/s1. The molecule has 0 aromatic heterocycles. The molecule has 0 unspecified atom stereocenters. The first-order valence-corrected chi connectivity index (χ1v) is 11.5. The predicted molar refractivity (Wildman–Crippen MR) is 115 cm³/mol. The highest BCUT2D eigenvalue weighted by atomic mass is 16.5. The molecule has 3 N–H and O–H groups in total. The molecule has 5 atom stereocenters. The highest BCUT2D eigenvalue weighted by molar-refractivity contribution is 5.96. The minimum atomic E-state index is -0.981.